The zero-order chi connectivity index (χ0) is 13.8. The predicted octanol–water partition coefficient (Wildman–Crippen LogP) is 2.20. The molecule has 2 rings (SSSR count). The van der Waals surface area contributed by atoms with Crippen LogP contribution in [0.2, 0.25) is 5.02 Å². The number of aliphatic hydroxyl groups excluding tert-OH is 1. The van der Waals surface area contributed by atoms with Gasteiger partial charge in [-0.05, 0) is 43.7 Å². The van der Waals surface area contributed by atoms with Crippen LogP contribution in [-0.4, -0.2) is 23.7 Å². The predicted molar refractivity (Wildman–Crippen MR) is 76.2 cm³/mol. The Bertz CT molecular complexity index is 457. The smallest absolute Gasteiger partial charge is 0.252 e. The number of hydrogen-bond donors (Lipinski definition) is 3. The molecule has 0 heterocycles. The van der Waals surface area contributed by atoms with Crippen LogP contribution in [-0.2, 0) is 0 Å². The van der Waals surface area contributed by atoms with E-state index in [0.717, 1.165) is 25.7 Å². The van der Waals surface area contributed by atoms with Gasteiger partial charge in [-0.3, -0.25) is 4.79 Å². The Morgan fingerprint density at radius 2 is 2.05 bits per heavy atom. The maximum Gasteiger partial charge on any atom is 0.252 e. The van der Waals surface area contributed by atoms with Crippen LogP contribution in [0.5, 0.6) is 0 Å². The first-order valence-electron chi connectivity index (χ1n) is 6.58. The summed E-state index contributed by atoms with van der Waals surface area (Å²) in [6.07, 6.45) is 3.37. The molecule has 1 aromatic carbocycles. The number of nitrogens with one attached hydrogen (secondary N) is 1. The van der Waals surface area contributed by atoms with Crippen LogP contribution in [0, 0.1) is 5.92 Å². The van der Waals surface area contributed by atoms with Crippen LogP contribution in [0.25, 0.3) is 0 Å². The van der Waals surface area contributed by atoms with Crippen molar-refractivity contribution in [1.29, 1.82) is 0 Å². The number of halogens is 1. The Morgan fingerprint density at radius 3 is 2.74 bits per heavy atom. The van der Waals surface area contributed by atoms with Crippen molar-refractivity contribution in [2.24, 2.45) is 5.92 Å². The SMILES string of the molecule is Nc1cccc(C(=O)NCC2CCC(O)CC2)c1Cl. The molecule has 104 valence electrons. The Morgan fingerprint density at radius 1 is 1.37 bits per heavy atom. The van der Waals surface area contributed by atoms with E-state index in [1.165, 1.54) is 0 Å². The van der Waals surface area contributed by atoms with E-state index < -0.39 is 0 Å². The van der Waals surface area contributed by atoms with Gasteiger partial charge in [0.2, 0.25) is 0 Å². The summed E-state index contributed by atoms with van der Waals surface area (Å²) in [5.41, 5.74) is 6.50. The molecule has 1 aromatic rings. The lowest BCUT2D eigenvalue weighted by Gasteiger charge is -2.25. The van der Waals surface area contributed by atoms with E-state index in [4.69, 9.17) is 17.3 Å². The molecule has 0 bridgehead atoms. The Labute approximate surface area is 117 Å². The number of amides is 1. The molecule has 0 aliphatic heterocycles. The van der Waals surface area contributed by atoms with Gasteiger partial charge in [-0.15, -0.1) is 0 Å². The van der Waals surface area contributed by atoms with Crippen LogP contribution in [0.15, 0.2) is 18.2 Å². The summed E-state index contributed by atoms with van der Waals surface area (Å²) in [5, 5.41) is 12.6. The largest absolute Gasteiger partial charge is 0.398 e. The third-order valence-corrected chi connectivity index (χ3v) is 4.06. The van der Waals surface area contributed by atoms with Crippen molar-refractivity contribution in [2.75, 3.05) is 12.3 Å². The Kier molecular flexibility index (Phi) is 4.66. The molecule has 1 saturated carbocycles. The fourth-order valence-electron chi connectivity index (χ4n) is 2.41. The lowest BCUT2D eigenvalue weighted by molar-refractivity contribution is 0.0910. The Balaban J connectivity index is 1.89. The first-order valence-corrected chi connectivity index (χ1v) is 6.96. The highest BCUT2D eigenvalue weighted by Crippen LogP contribution is 2.25. The molecule has 0 aromatic heterocycles. The van der Waals surface area contributed by atoms with Crippen LogP contribution in [0.3, 0.4) is 0 Å². The Hall–Kier alpha value is -1.26. The monoisotopic (exact) mass is 282 g/mol. The van der Waals surface area contributed by atoms with Gasteiger partial charge in [0, 0.05) is 6.54 Å². The summed E-state index contributed by atoms with van der Waals surface area (Å²) >= 11 is 6.01. The van der Waals surface area contributed by atoms with Crippen LogP contribution in [0.1, 0.15) is 36.0 Å². The standard InChI is InChI=1S/C14H19ClN2O2/c15-13-11(2-1-3-12(13)16)14(19)17-8-9-4-6-10(18)7-5-9/h1-3,9-10,18H,4-8,16H2,(H,17,19). The fourth-order valence-corrected chi connectivity index (χ4v) is 2.62. The van der Waals surface area contributed by atoms with Crippen LogP contribution in [0.4, 0.5) is 5.69 Å². The molecule has 1 aliphatic rings. The van der Waals surface area contributed by atoms with Gasteiger partial charge in [0.1, 0.15) is 0 Å². The summed E-state index contributed by atoms with van der Waals surface area (Å²) in [7, 11) is 0. The number of anilines is 1. The number of nitrogen functional groups attached to an aromatic ring is 1. The molecule has 0 saturated heterocycles. The molecule has 0 radical (unpaired) electrons. The summed E-state index contributed by atoms with van der Waals surface area (Å²) in [4.78, 5) is 12.0. The first kappa shape index (κ1) is 14.2. The second-order valence-corrected chi connectivity index (χ2v) is 5.47. The molecular formula is C14H19ClN2O2. The molecule has 1 aliphatic carbocycles. The minimum atomic E-state index is -0.191. The van der Waals surface area contributed by atoms with Crippen LogP contribution < -0.4 is 11.1 Å². The number of carbonyl (C=O) groups is 1. The van der Waals surface area contributed by atoms with Gasteiger partial charge >= 0.3 is 0 Å². The van der Waals surface area contributed by atoms with E-state index in [0.29, 0.717) is 28.7 Å². The minimum Gasteiger partial charge on any atom is -0.398 e. The lowest BCUT2D eigenvalue weighted by atomic mass is 9.87. The van der Waals surface area contributed by atoms with Crippen molar-refractivity contribution in [3.05, 3.63) is 28.8 Å². The van der Waals surface area contributed by atoms with Gasteiger partial charge < -0.3 is 16.2 Å². The second-order valence-electron chi connectivity index (χ2n) is 5.09. The van der Waals surface area contributed by atoms with Crippen molar-refractivity contribution < 1.29 is 9.90 Å². The third kappa shape index (κ3) is 3.61. The second kappa shape index (κ2) is 6.26. The fraction of sp³-hybridized carbons (Fsp3) is 0.500. The van der Waals surface area contributed by atoms with Gasteiger partial charge in [0.25, 0.3) is 5.91 Å². The molecule has 1 amide bonds. The molecule has 4 nitrogen and oxygen atoms in total. The van der Waals surface area contributed by atoms with Crippen molar-refractivity contribution in [3.8, 4) is 0 Å². The minimum absolute atomic E-state index is 0.171. The number of aliphatic hydroxyl groups is 1. The first-order chi connectivity index (χ1) is 9.08. The number of benzene rings is 1. The topological polar surface area (TPSA) is 75.4 Å². The third-order valence-electron chi connectivity index (χ3n) is 3.64. The van der Waals surface area contributed by atoms with Crippen LogP contribution >= 0.6 is 11.6 Å². The lowest BCUT2D eigenvalue weighted by Crippen LogP contribution is -2.32. The maximum absolute atomic E-state index is 12.0. The molecule has 0 atom stereocenters. The summed E-state index contributed by atoms with van der Waals surface area (Å²) in [6, 6.07) is 5.05. The quantitative estimate of drug-likeness (QED) is 0.744. The highest BCUT2D eigenvalue weighted by atomic mass is 35.5. The van der Waals surface area contributed by atoms with E-state index >= 15 is 0 Å². The van der Waals surface area contributed by atoms with Crippen molar-refractivity contribution in [2.45, 2.75) is 31.8 Å². The molecule has 0 spiro atoms. The van der Waals surface area contributed by atoms with Crippen molar-refractivity contribution in [3.63, 3.8) is 0 Å². The van der Waals surface area contributed by atoms with E-state index in [2.05, 4.69) is 5.32 Å². The molecule has 5 heteroatoms. The average molecular weight is 283 g/mol. The van der Waals surface area contributed by atoms with Gasteiger partial charge in [0.05, 0.1) is 22.4 Å². The van der Waals surface area contributed by atoms with E-state index in [-0.39, 0.29) is 12.0 Å². The zero-order valence-electron chi connectivity index (χ0n) is 10.7. The molecule has 0 unspecified atom stereocenters. The number of carbonyl (C=O) groups excluding carboxylic acids is 1. The van der Waals surface area contributed by atoms with Gasteiger partial charge in [-0.2, -0.15) is 0 Å². The number of rotatable bonds is 3. The van der Waals surface area contributed by atoms with E-state index in [1.54, 1.807) is 18.2 Å². The van der Waals surface area contributed by atoms with Gasteiger partial charge in [-0.1, -0.05) is 17.7 Å². The average Bonchev–Trinajstić information content (AvgIpc) is 2.41. The number of hydrogen-bond acceptors (Lipinski definition) is 3. The normalized spacial score (nSPS) is 23.1. The maximum atomic E-state index is 12.0. The van der Waals surface area contributed by atoms with Gasteiger partial charge in [0.15, 0.2) is 0 Å². The zero-order valence-corrected chi connectivity index (χ0v) is 11.5. The summed E-state index contributed by atoms with van der Waals surface area (Å²) in [6.45, 7) is 0.622. The number of nitrogens with two attached hydrogens (primary N) is 1. The molecular weight excluding hydrogens is 264 g/mol. The van der Waals surface area contributed by atoms with E-state index in [9.17, 15) is 9.90 Å². The summed E-state index contributed by atoms with van der Waals surface area (Å²) < 4.78 is 0. The van der Waals surface area contributed by atoms with Gasteiger partial charge in [-0.25, -0.2) is 0 Å². The van der Waals surface area contributed by atoms with E-state index in [1.807, 2.05) is 0 Å². The van der Waals surface area contributed by atoms with Crippen molar-refractivity contribution in [1.82, 2.24) is 5.32 Å². The highest BCUT2D eigenvalue weighted by Gasteiger charge is 2.20. The molecule has 1 fully saturated rings. The summed E-state index contributed by atoms with van der Waals surface area (Å²) in [5.74, 6) is 0.246. The molecule has 4 N–H and O–H groups in total. The van der Waals surface area contributed by atoms with Crippen molar-refractivity contribution >= 4 is 23.2 Å². The molecule has 19 heavy (non-hydrogen) atoms. The highest BCUT2D eigenvalue weighted by molar-refractivity contribution is 6.36.